The highest BCUT2D eigenvalue weighted by Crippen LogP contribution is 2.15. The van der Waals surface area contributed by atoms with Gasteiger partial charge in [0.15, 0.2) is 0 Å². The Balaban J connectivity index is 1.79. The van der Waals surface area contributed by atoms with E-state index in [0.29, 0.717) is 0 Å². The SMILES string of the molecule is OCc1cnc(CCN2CCCC2)s1. The first-order valence-electron chi connectivity index (χ1n) is 5.15. The third kappa shape index (κ3) is 2.53. The van der Waals surface area contributed by atoms with E-state index in [1.807, 2.05) is 0 Å². The molecule has 78 valence electrons. The molecule has 1 aliphatic rings. The van der Waals surface area contributed by atoms with Crippen LogP contribution in [0.2, 0.25) is 0 Å². The lowest BCUT2D eigenvalue weighted by Gasteiger charge is -2.12. The first kappa shape index (κ1) is 10.1. The van der Waals surface area contributed by atoms with Gasteiger partial charge in [0.25, 0.3) is 0 Å². The van der Waals surface area contributed by atoms with Gasteiger partial charge in [-0.3, -0.25) is 0 Å². The second-order valence-electron chi connectivity index (χ2n) is 3.68. The van der Waals surface area contributed by atoms with Crippen molar-refractivity contribution in [1.82, 2.24) is 9.88 Å². The molecule has 3 nitrogen and oxygen atoms in total. The maximum Gasteiger partial charge on any atom is 0.0941 e. The smallest absolute Gasteiger partial charge is 0.0941 e. The van der Waals surface area contributed by atoms with E-state index in [1.165, 1.54) is 25.9 Å². The molecule has 0 spiro atoms. The first-order valence-corrected chi connectivity index (χ1v) is 5.97. The Morgan fingerprint density at radius 1 is 1.43 bits per heavy atom. The molecule has 0 amide bonds. The maximum absolute atomic E-state index is 8.89. The van der Waals surface area contributed by atoms with Crippen molar-refractivity contribution in [3.8, 4) is 0 Å². The van der Waals surface area contributed by atoms with E-state index < -0.39 is 0 Å². The zero-order valence-electron chi connectivity index (χ0n) is 8.28. The Hall–Kier alpha value is -0.450. The van der Waals surface area contributed by atoms with Crippen molar-refractivity contribution >= 4 is 11.3 Å². The fourth-order valence-electron chi connectivity index (χ4n) is 1.80. The quantitative estimate of drug-likeness (QED) is 0.816. The average molecular weight is 212 g/mol. The molecule has 1 aliphatic heterocycles. The summed E-state index contributed by atoms with van der Waals surface area (Å²) >= 11 is 1.63. The number of hydrogen-bond acceptors (Lipinski definition) is 4. The van der Waals surface area contributed by atoms with E-state index in [1.54, 1.807) is 17.5 Å². The van der Waals surface area contributed by atoms with Crippen molar-refractivity contribution in [1.29, 1.82) is 0 Å². The molecule has 1 fully saturated rings. The summed E-state index contributed by atoms with van der Waals surface area (Å²) in [6, 6.07) is 0. The maximum atomic E-state index is 8.89. The van der Waals surface area contributed by atoms with Crippen molar-refractivity contribution < 1.29 is 5.11 Å². The van der Waals surface area contributed by atoms with Crippen LogP contribution < -0.4 is 0 Å². The molecule has 0 bridgehead atoms. The van der Waals surface area contributed by atoms with E-state index in [2.05, 4.69) is 9.88 Å². The summed E-state index contributed by atoms with van der Waals surface area (Å²) in [6.07, 6.45) is 5.51. The van der Waals surface area contributed by atoms with Crippen LogP contribution in [0.15, 0.2) is 6.20 Å². The number of aliphatic hydroxyl groups excluding tert-OH is 1. The van der Waals surface area contributed by atoms with Crippen LogP contribution in [0.3, 0.4) is 0 Å². The fraction of sp³-hybridized carbons (Fsp3) is 0.700. The largest absolute Gasteiger partial charge is 0.391 e. The van der Waals surface area contributed by atoms with Crippen LogP contribution in [0.1, 0.15) is 22.7 Å². The van der Waals surface area contributed by atoms with Gasteiger partial charge in [-0.05, 0) is 25.9 Å². The molecule has 0 aromatic carbocycles. The summed E-state index contributed by atoms with van der Waals surface area (Å²) < 4.78 is 0. The van der Waals surface area contributed by atoms with Crippen molar-refractivity contribution in [3.63, 3.8) is 0 Å². The Morgan fingerprint density at radius 2 is 2.21 bits per heavy atom. The number of thiazole rings is 1. The molecular formula is C10H16N2OS. The molecule has 14 heavy (non-hydrogen) atoms. The molecule has 1 aromatic rings. The number of aromatic nitrogens is 1. The minimum atomic E-state index is 0.126. The highest BCUT2D eigenvalue weighted by molar-refractivity contribution is 7.11. The van der Waals surface area contributed by atoms with Gasteiger partial charge in [-0.1, -0.05) is 0 Å². The van der Waals surface area contributed by atoms with E-state index in [0.717, 1.165) is 22.9 Å². The molecule has 0 atom stereocenters. The summed E-state index contributed by atoms with van der Waals surface area (Å²) in [5.41, 5.74) is 0. The van der Waals surface area contributed by atoms with Crippen molar-refractivity contribution in [2.75, 3.05) is 19.6 Å². The predicted octanol–water partition coefficient (Wildman–Crippen LogP) is 1.27. The van der Waals surface area contributed by atoms with Gasteiger partial charge in [-0.15, -0.1) is 11.3 Å². The number of hydrogen-bond donors (Lipinski definition) is 1. The lowest BCUT2D eigenvalue weighted by Crippen LogP contribution is -2.21. The van der Waals surface area contributed by atoms with Crippen LogP contribution in [-0.4, -0.2) is 34.6 Å². The topological polar surface area (TPSA) is 36.4 Å². The number of aliphatic hydroxyl groups is 1. The highest BCUT2D eigenvalue weighted by Gasteiger charge is 2.11. The van der Waals surface area contributed by atoms with Crippen LogP contribution in [-0.2, 0) is 13.0 Å². The van der Waals surface area contributed by atoms with Gasteiger partial charge in [-0.25, -0.2) is 4.98 Å². The zero-order valence-corrected chi connectivity index (χ0v) is 9.09. The van der Waals surface area contributed by atoms with Crippen LogP contribution in [0.5, 0.6) is 0 Å². The van der Waals surface area contributed by atoms with Crippen molar-refractivity contribution in [2.45, 2.75) is 25.9 Å². The van der Waals surface area contributed by atoms with Crippen molar-refractivity contribution in [3.05, 3.63) is 16.1 Å². The van der Waals surface area contributed by atoms with Gasteiger partial charge >= 0.3 is 0 Å². The predicted molar refractivity (Wildman–Crippen MR) is 57.4 cm³/mol. The molecule has 0 unspecified atom stereocenters. The van der Waals surface area contributed by atoms with E-state index >= 15 is 0 Å². The van der Waals surface area contributed by atoms with Gasteiger partial charge < -0.3 is 10.0 Å². The van der Waals surface area contributed by atoms with Crippen LogP contribution in [0.4, 0.5) is 0 Å². The second-order valence-corrected chi connectivity index (χ2v) is 4.88. The fourth-order valence-corrected chi connectivity index (χ4v) is 2.57. The average Bonchev–Trinajstić information content (AvgIpc) is 2.86. The van der Waals surface area contributed by atoms with E-state index in [4.69, 9.17) is 5.11 Å². The third-order valence-electron chi connectivity index (χ3n) is 2.60. The summed E-state index contributed by atoms with van der Waals surface area (Å²) in [5.74, 6) is 0. The molecule has 0 aliphatic carbocycles. The number of rotatable bonds is 4. The molecule has 2 heterocycles. The van der Waals surface area contributed by atoms with Crippen LogP contribution in [0.25, 0.3) is 0 Å². The van der Waals surface area contributed by atoms with Gasteiger partial charge in [0, 0.05) is 19.2 Å². The molecule has 1 saturated heterocycles. The third-order valence-corrected chi connectivity index (χ3v) is 3.64. The standard InChI is InChI=1S/C10H16N2OS/c13-8-9-7-11-10(14-9)3-6-12-4-1-2-5-12/h7,13H,1-6,8H2. The first-order chi connectivity index (χ1) is 6.88. The Bertz CT molecular complexity index is 281. The van der Waals surface area contributed by atoms with Gasteiger partial charge in [0.1, 0.15) is 0 Å². The number of likely N-dealkylation sites (tertiary alicyclic amines) is 1. The molecule has 0 saturated carbocycles. The van der Waals surface area contributed by atoms with Crippen LogP contribution >= 0.6 is 11.3 Å². The Kier molecular flexibility index (Phi) is 3.50. The minimum absolute atomic E-state index is 0.126. The molecule has 0 radical (unpaired) electrons. The molecule has 2 rings (SSSR count). The Morgan fingerprint density at radius 3 is 2.86 bits per heavy atom. The second kappa shape index (κ2) is 4.87. The van der Waals surface area contributed by atoms with Gasteiger partial charge in [-0.2, -0.15) is 0 Å². The van der Waals surface area contributed by atoms with Crippen LogP contribution in [0, 0.1) is 0 Å². The number of nitrogens with zero attached hydrogens (tertiary/aromatic N) is 2. The minimum Gasteiger partial charge on any atom is -0.391 e. The monoisotopic (exact) mass is 212 g/mol. The molecular weight excluding hydrogens is 196 g/mol. The van der Waals surface area contributed by atoms with E-state index in [9.17, 15) is 0 Å². The molecule has 1 aromatic heterocycles. The van der Waals surface area contributed by atoms with Gasteiger partial charge in [0.05, 0.1) is 16.5 Å². The zero-order chi connectivity index (χ0) is 9.80. The van der Waals surface area contributed by atoms with Crippen molar-refractivity contribution in [2.24, 2.45) is 0 Å². The summed E-state index contributed by atoms with van der Waals surface area (Å²) in [4.78, 5) is 7.74. The van der Waals surface area contributed by atoms with Gasteiger partial charge in [0.2, 0.25) is 0 Å². The molecule has 4 heteroatoms. The molecule has 1 N–H and O–H groups in total. The summed E-state index contributed by atoms with van der Waals surface area (Å²) in [5, 5.41) is 10.0. The normalized spacial score (nSPS) is 17.8. The lowest BCUT2D eigenvalue weighted by molar-refractivity contribution is 0.285. The highest BCUT2D eigenvalue weighted by atomic mass is 32.1. The lowest BCUT2D eigenvalue weighted by atomic mass is 10.4. The van der Waals surface area contributed by atoms with E-state index in [-0.39, 0.29) is 6.61 Å². The summed E-state index contributed by atoms with van der Waals surface area (Å²) in [7, 11) is 0. The summed E-state index contributed by atoms with van der Waals surface area (Å²) in [6.45, 7) is 3.75. The Labute approximate surface area is 88.4 Å².